The molecule has 0 saturated carbocycles. The van der Waals surface area contributed by atoms with E-state index in [1.165, 1.54) is 24.3 Å². The van der Waals surface area contributed by atoms with E-state index in [1.807, 2.05) is 6.92 Å². The van der Waals surface area contributed by atoms with Crippen LogP contribution >= 0.6 is 0 Å². The van der Waals surface area contributed by atoms with Gasteiger partial charge in [0, 0.05) is 18.8 Å². The number of ether oxygens (including phenoxy) is 1. The van der Waals surface area contributed by atoms with Gasteiger partial charge >= 0.3 is 0 Å². The van der Waals surface area contributed by atoms with Crippen molar-refractivity contribution in [2.24, 2.45) is 0 Å². The fourth-order valence-electron chi connectivity index (χ4n) is 1.96. The van der Waals surface area contributed by atoms with Gasteiger partial charge in [-0.05, 0) is 38.0 Å². The molecule has 0 aliphatic carbocycles. The first kappa shape index (κ1) is 13.3. The van der Waals surface area contributed by atoms with Crippen LogP contribution in [0, 0.1) is 0 Å². The molecule has 1 aliphatic heterocycles. The number of sulfonamides is 1. The molecule has 18 heavy (non-hydrogen) atoms. The molecule has 2 N–H and O–H groups in total. The fraction of sp³-hybridized carbons (Fsp3) is 0.500. The van der Waals surface area contributed by atoms with E-state index in [2.05, 4.69) is 4.72 Å². The highest BCUT2D eigenvalue weighted by Gasteiger charge is 2.32. The quantitative estimate of drug-likeness (QED) is 0.867. The predicted molar refractivity (Wildman–Crippen MR) is 66.9 cm³/mol. The Morgan fingerprint density at radius 1 is 1.33 bits per heavy atom. The second-order valence-electron chi connectivity index (χ2n) is 4.78. The van der Waals surface area contributed by atoms with Gasteiger partial charge in [0.25, 0.3) is 0 Å². The van der Waals surface area contributed by atoms with Crippen LogP contribution in [0.1, 0.15) is 19.8 Å². The number of phenolic OH excluding ortho intramolecular Hbond substituents is 1. The van der Waals surface area contributed by atoms with E-state index >= 15 is 0 Å². The topological polar surface area (TPSA) is 75.6 Å². The average molecular weight is 271 g/mol. The van der Waals surface area contributed by atoms with Crippen LogP contribution in [-0.2, 0) is 14.8 Å². The zero-order valence-electron chi connectivity index (χ0n) is 10.2. The van der Waals surface area contributed by atoms with E-state index in [-0.39, 0.29) is 10.6 Å². The molecule has 0 spiro atoms. The molecule has 100 valence electrons. The second-order valence-corrected chi connectivity index (χ2v) is 6.46. The zero-order chi connectivity index (χ0) is 13.2. The van der Waals surface area contributed by atoms with E-state index in [0.29, 0.717) is 26.1 Å². The van der Waals surface area contributed by atoms with Crippen LogP contribution in [-0.4, -0.2) is 32.3 Å². The average Bonchev–Trinajstić information content (AvgIpc) is 2.28. The van der Waals surface area contributed by atoms with Crippen LogP contribution in [0.25, 0.3) is 0 Å². The number of phenols is 1. The Morgan fingerprint density at radius 3 is 2.61 bits per heavy atom. The molecule has 1 heterocycles. The number of benzene rings is 1. The molecular formula is C12H17NO4S. The second kappa shape index (κ2) is 4.87. The molecule has 1 saturated heterocycles. The number of nitrogens with one attached hydrogen (secondary N) is 1. The van der Waals surface area contributed by atoms with Crippen LogP contribution in [0.15, 0.2) is 29.2 Å². The van der Waals surface area contributed by atoms with Crippen LogP contribution in [0.3, 0.4) is 0 Å². The van der Waals surface area contributed by atoms with Crippen molar-refractivity contribution >= 4 is 10.0 Å². The molecule has 5 nitrogen and oxygen atoms in total. The maximum Gasteiger partial charge on any atom is 0.241 e. The number of rotatable bonds is 3. The first-order valence-corrected chi connectivity index (χ1v) is 7.30. The predicted octanol–water partition coefficient (Wildman–Crippen LogP) is 1.24. The highest BCUT2D eigenvalue weighted by atomic mass is 32.2. The summed E-state index contributed by atoms with van der Waals surface area (Å²) in [5.41, 5.74) is -0.484. The maximum absolute atomic E-state index is 12.2. The van der Waals surface area contributed by atoms with Gasteiger partial charge in [-0.1, -0.05) is 6.07 Å². The van der Waals surface area contributed by atoms with Gasteiger partial charge in [0.2, 0.25) is 10.0 Å². The third kappa shape index (κ3) is 3.01. The lowest BCUT2D eigenvalue weighted by atomic mass is 9.94. The standard InChI is InChI=1S/C12H17NO4S/c1-12(5-7-17-8-6-12)13-18(15,16)11-4-2-3-10(14)9-11/h2-4,9,13-14H,5-8H2,1H3. The molecule has 0 aromatic heterocycles. The molecule has 1 aliphatic rings. The number of aromatic hydroxyl groups is 1. The smallest absolute Gasteiger partial charge is 0.241 e. The van der Waals surface area contributed by atoms with Gasteiger partial charge in [-0.15, -0.1) is 0 Å². The summed E-state index contributed by atoms with van der Waals surface area (Å²) in [5, 5.41) is 9.33. The summed E-state index contributed by atoms with van der Waals surface area (Å²) in [6.07, 6.45) is 1.29. The largest absolute Gasteiger partial charge is 0.508 e. The Labute approximate surface area is 107 Å². The summed E-state index contributed by atoms with van der Waals surface area (Å²) in [7, 11) is -3.61. The van der Waals surface area contributed by atoms with Gasteiger partial charge in [0.05, 0.1) is 4.90 Å². The Kier molecular flexibility index (Phi) is 3.61. The van der Waals surface area contributed by atoms with Crippen molar-refractivity contribution in [1.29, 1.82) is 0 Å². The summed E-state index contributed by atoms with van der Waals surface area (Å²) in [4.78, 5) is 0.0789. The van der Waals surface area contributed by atoms with E-state index in [9.17, 15) is 13.5 Å². The molecular weight excluding hydrogens is 254 g/mol. The summed E-state index contributed by atoms with van der Waals surface area (Å²) in [6.45, 7) is 2.98. The summed E-state index contributed by atoms with van der Waals surface area (Å²) < 4.78 is 32.3. The van der Waals surface area contributed by atoms with Gasteiger partial charge in [0.15, 0.2) is 0 Å². The molecule has 0 bridgehead atoms. The van der Waals surface area contributed by atoms with E-state index < -0.39 is 15.6 Å². The Balaban J connectivity index is 2.21. The first-order chi connectivity index (χ1) is 8.41. The number of hydrogen-bond acceptors (Lipinski definition) is 4. The van der Waals surface area contributed by atoms with Crippen LogP contribution in [0.4, 0.5) is 0 Å². The summed E-state index contributed by atoms with van der Waals surface area (Å²) in [6, 6.07) is 5.65. The van der Waals surface area contributed by atoms with Gasteiger partial charge in [-0.2, -0.15) is 0 Å². The molecule has 1 aromatic carbocycles. The van der Waals surface area contributed by atoms with Crippen molar-refractivity contribution in [2.75, 3.05) is 13.2 Å². The van der Waals surface area contributed by atoms with Crippen molar-refractivity contribution < 1.29 is 18.3 Å². The van der Waals surface area contributed by atoms with Crippen molar-refractivity contribution in [1.82, 2.24) is 4.72 Å². The normalized spacial score (nSPS) is 19.6. The molecule has 0 atom stereocenters. The summed E-state index contributed by atoms with van der Waals surface area (Å²) >= 11 is 0. The molecule has 0 radical (unpaired) electrons. The lowest BCUT2D eigenvalue weighted by molar-refractivity contribution is 0.0537. The molecule has 0 amide bonds. The van der Waals surface area contributed by atoms with Crippen LogP contribution < -0.4 is 4.72 Å². The number of hydrogen-bond donors (Lipinski definition) is 2. The lowest BCUT2D eigenvalue weighted by Crippen LogP contribution is -2.49. The Morgan fingerprint density at radius 2 is 2.00 bits per heavy atom. The van der Waals surface area contributed by atoms with Gasteiger partial charge in [-0.3, -0.25) is 0 Å². The monoisotopic (exact) mass is 271 g/mol. The van der Waals surface area contributed by atoms with Gasteiger partial charge in [-0.25, -0.2) is 13.1 Å². The Bertz CT molecular complexity index is 521. The highest BCUT2D eigenvalue weighted by molar-refractivity contribution is 7.89. The molecule has 1 aromatic rings. The minimum absolute atomic E-state index is 0.0602. The van der Waals surface area contributed by atoms with E-state index in [0.717, 1.165) is 0 Å². The maximum atomic E-state index is 12.2. The van der Waals surface area contributed by atoms with Crippen molar-refractivity contribution in [2.45, 2.75) is 30.2 Å². The Hall–Kier alpha value is -1.11. The molecule has 2 rings (SSSR count). The van der Waals surface area contributed by atoms with Gasteiger partial charge in [0.1, 0.15) is 5.75 Å². The van der Waals surface area contributed by atoms with Crippen molar-refractivity contribution in [3.63, 3.8) is 0 Å². The zero-order valence-corrected chi connectivity index (χ0v) is 11.0. The van der Waals surface area contributed by atoms with E-state index in [4.69, 9.17) is 4.74 Å². The lowest BCUT2D eigenvalue weighted by Gasteiger charge is -2.33. The van der Waals surface area contributed by atoms with Crippen molar-refractivity contribution in [3.8, 4) is 5.75 Å². The third-order valence-electron chi connectivity index (χ3n) is 3.11. The first-order valence-electron chi connectivity index (χ1n) is 5.82. The van der Waals surface area contributed by atoms with Crippen LogP contribution in [0.5, 0.6) is 5.75 Å². The minimum Gasteiger partial charge on any atom is -0.508 e. The minimum atomic E-state index is -3.61. The summed E-state index contributed by atoms with van der Waals surface area (Å²) in [5.74, 6) is -0.0602. The highest BCUT2D eigenvalue weighted by Crippen LogP contribution is 2.24. The van der Waals surface area contributed by atoms with Crippen LogP contribution in [0.2, 0.25) is 0 Å². The van der Waals surface area contributed by atoms with Crippen molar-refractivity contribution in [3.05, 3.63) is 24.3 Å². The van der Waals surface area contributed by atoms with Gasteiger partial charge < -0.3 is 9.84 Å². The molecule has 0 unspecified atom stereocenters. The molecule has 1 fully saturated rings. The SMILES string of the molecule is CC1(NS(=O)(=O)c2cccc(O)c2)CCOCC1. The fourth-order valence-corrected chi connectivity index (χ4v) is 3.46. The molecule has 6 heteroatoms. The third-order valence-corrected chi connectivity index (χ3v) is 4.74. The van der Waals surface area contributed by atoms with E-state index in [1.54, 1.807) is 0 Å².